The number of carbonyl (C=O) groups is 1. The van der Waals surface area contributed by atoms with Crippen LogP contribution in [0.3, 0.4) is 0 Å². The Labute approximate surface area is 122 Å². The molecule has 1 heterocycles. The molecule has 2 aromatic rings. The third kappa shape index (κ3) is 3.82. The van der Waals surface area contributed by atoms with Crippen LogP contribution >= 0.6 is 0 Å². The molecule has 2 N–H and O–H groups in total. The lowest BCUT2D eigenvalue weighted by atomic mass is 10.1. The zero-order chi connectivity index (χ0) is 15.5. The van der Waals surface area contributed by atoms with Crippen LogP contribution < -0.4 is 4.72 Å². The average molecular weight is 309 g/mol. The number of rotatable bonds is 6. The summed E-state index contributed by atoms with van der Waals surface area (Å²) in [5.74, 6) is -0.935. The Bertz CT molecular complexity index is 735. The monoisotopic (exact) mass is 309 g/mol. The molecule has 2 rings (SSSR count). The number of hydrogen-bond acceptors (Lipinski definition) is 4. The molecule has 0 saturated carbocycles. The van der Waals surface area contributed by atoms with E-state index in [1.165, 1.54) is 29.2 Å². The molecule has 0 atom stereocenters. The summed E-state index contributed by atoms with van der Waals surface area (Å²) in [6, 6.07) is 6.20. The minimum absolute atomic E-state index is 0.0824. The van der Waals surface area contributed by atoms with Crippen molar-refractivity contribution in [2.24, 2.45) is 0 Å². The Morgan fingerprint density at radius 2 is 2.00 bits per heavy atom. The summed E-state index contributed by atoms with van der Waals surface area (Å²) >= 11 is 0. The fraction of sp³-hybridized carbons (Fsp3) is 0.231. The number of anilines is 1. The first-order chi connectivity index (χ1) is 9.90. The van der Waals surface area contributed by atoms with Crippen LogP contribution in [0.15, 0.2) is 41.6 Å². The van der Waals surface area contributed by atoms with E-state index in [0.717, 1.165) is 0 Å². The maximum absolute atomic E-state index is 12.1. The summed E-state index contributed by atoms with van der Waals surface area (Å²) in [7, 11) is -3.69. The fourth-order valence-corrected chi connectivity index (χ4v) is 2.75. The predicted octanol–water partition coefficient (Wildman–Crippen LogP) is 1.33. The number of aromatic nitrogens is 2. The van der Waals surface area contributed by atoms with Crippen molar-refractivity contribution in [1.29, 1.82) is 0 Å². The van der Waals surface area contributed by atoms with E-state index in [-0.39, 0.29) is 11.3 Å². The Kier molecular flexibility index (Phi) is 4.27. The Hall–Kier alpha value is -2.35. The van der Waals surface area contributed by atoms with E-state index in [0.29, 0.717) is 17.8 Å². The van der Waals surface area contributed by atoms with Crippen LogP contribution in [0, 0.1) is 0 Å². The minimum Gasteiger partial charge on any atom is -0.481 e. The summed E-state index contributed by atoms with van der Waals surface area (Å²) in [6.07, 6.45) is 2.63. The number of benzene rings is 1. The van der Waals surface area contributed by atoms with Gasteiger partial charge in [0.1, 0.15) is 4.90 Å². The number of carboxylic acids is 1. The van der Waals surface area contributed by atoms with Crippen LogP contribution in [-0.2, 0) is 27.8 Å². The molecule has 0 aliphatic carbocycles. The van der Waals surface area contributed by atoms with Crippen molar-refractivity contribution in [1.82, 2.24) is 9.78 Å². The quantitative estimate of drug-likeness (QED) is 0.838. The van der Waals surface area contributed by atoms with E-state index >= 15 is 0 Å². The zero-order valence-electron chi connectivity index (χ0n) is 11.4. The van der Waals surface area contributed by atoms with E-state index in [4.69, 9.17) is 5.11 Å². The average Bonchev–Trinajstić information content (AvgIpc) is 2.90. The molecule has 0 aliphatic rings. The second-order valence-electron chi connectivity index (χ2n) is 4.40. The van der Waals surface area contributed by atoms with Gasteiger partial charge in [0.25, 0.3) is 10.0 Å². The van der Waals surface area contributed by atoms with Gasteiger partial charge in [-0.1, -0.05) is 12.1 Å². The van der Waals surface area contributed by atoms with Crippen molar-refractivity contribution in [2.45, 2.75) is 24.8 Å². The third-order valence-electron chi connectivity index (χ3n) is 2.81. The van der Waals surface area contributed by atoms with Crippen molar-refractivity contribution in [3.8, 4) is 0 Å². The molecule has 0 bridgehead atoms. The third-order valence-corrected chi connectivity index (χ3v) is 4.14. The van der Waals surface area contributed by atoms with Crippen molar-refractivity contribution < 1.29 is 18.3 Å². The number of sulfonamides is 1. The first kappa shape index (κ1) is 15.0. The lowest BCUT2D eigenvalue weighted by Gasteiger charge is -2.06. The van der Waals surface area contributed by atoms with Gasteiger partial charge in [-0.05, 0) is 24.6 Å². The van der Waals surface area contributed by atoms with E-state index in [1.807, 2.05) is 6.92 Å². The van der Waals surface area contributed by atoms with Crippen LogP contribution in [0.5, 0.6) is 0 Å². The van der Waals surface area contributed by atoms with Crippen LogP contribution in [0.1, 0.15) is 12.5 Å². The van der Waals surface area contributed by atoms with Gasteiger partial charge in [0.05, 0.1) is 12.6 Å². The van der Waals surface area contributed by atoms with E-state index in [2.05, 4.69) is 9.82 Å². The Morgan fingerprint density at radius 3 is 2.52 bits per heavy atom. The molecule has 1 aromatic heterocycles. The normalized spacial score (nSPS) is 11.3. The molecule has 0 amide bonds. The number of nitrogens with zero attached hydrogens (tertiary/aromatic N) is 2. The van der Waals surface area contributed by atoms with Gasteiger partial charge < -0.3 is 5.11 Å². The highest BCUT2D eigenvalue weighted by Gasteiger charge is 2.16. The van der Waals surface area contributed by atoms with Gasteiger partial charge in [-0.2, -0.15) is 5.10 Å². The molecule has 0 aliphatic heterocycles. The molecular formula is C13H15N3O4S. The lowest BCUT2D eigenvalue weighted by molar-refractivity contribution is -0.136. The van der Waals surface area contributed by atoms with Crippen LogP contribution in [0.25, 0.3) is 0 Å². The summed E-state index contributed by atoms with van der Waals surface area (Å²) in [4.78, 5) is 10.7. The first-order valence-electron chi connectivity index (χ1n) is 6.26. The Morgan fingerprint density at radius 1 is 1.33 bits per heavy atom. The minimum atomic E-state index is -3.69. The molecular weight excluding hydrogens is 294 g/mol. The standard InChI is InChI=1S/C13H15N3O4S/c1-2-16-9-12(8-14-16)21(19,20)15-11-5-3-10(4-6-11)7-13(17)18/h3-6,8-9,15H,2,7H2,1H3,(H,17,18). The highest BCUT2D eigenvalue weighted by Crippen LogP contribution is 2.16. The fourth-order valence-electron chi connectivity index (χ4n) is 1.74. The van der Waals surface area contributed by atoms with Gasteiger partial charge >= 0.3 is 5.97 Å². The molecule has 0 unspecified atom stereocenters. The lowest BCUT2D eigenvalue weighted by Crippen LogP contribution is -2.12. The second kappa shape index (κ2) is 5.96. The first-order valence-corrected chi connectivity index (χ1v) is 7.75. The number of aryl methyl sites for hydroxylation is 1. The molecule has 21 heavy (non-hydrogen) atoms. The van der Waals surface area contributed by atoms with Gasteiger partial charge in [0.15, 0.2) is 0 Å². The summed E-state index contributed by atoms with van der Waals surface area (Å²) < 4.78 is 28.2. The van der Waals surface area contributed by atoms with E-state index in [9.17, 15) is 13.2 Å². The molecule has 7 nitrogen and oxygen atoms in total. The second-order valence-corrected chi connectivity index (χ2v) is 6.09. The van der Waals surface area contributed by atoms with E-state index in [1.54, 1.807) is 12.1 Å². The maximum atomic E-state index is 12.1. The van der Waals surface area contributed by atoms with Crippen molar-refractivity contribution in [2.75, 3.05) is 4.72 Å². The van der Waals surface area contributed by atoms with Crippen LogP contribution in [0.4, 0.5) is 5.69 Å². The summed E-state index contributed by atoms with van der Waals surface area (Å²) in [6.45, 7) is 2.44. The maximum Gasteiger partial charge on any atom is 0.307 e. The molecule has 0 radical (unpaired) electrons. The molecule has 8 heteroatoms. The highest BCUT2D eigenvalue weighted by molar-refractivity contribution is 7.92. The smallest absolute Gasteiger partial charge is 0.307 e. The topological polar surface area (TPSA) is 101 Å². The predicted molar refractivity (Wildman–Crippen MR) is 76.5 cm³/mol. The molecule has 112 valence electrons. The van der Waals surface area contributed by atoms with Crippen molar-refractivity contribution in [3.63, 3.8) is 0 Å². The SMILES string of the molecule is CCn1cc(S(=O)(=O)Nc2ccc(CC(=O)O)cc2)cn1. The molecule has 0 fully saturated rings. The van der Waals surface area contributed by atoms with Gasteiger partial charge in [-0.15, -0.1) is 0 Å². The van der Waals surface area contributed by atoms with Gasteiger partial charge in [-0.25, -0.2) is 8.42 Å². The number of hydrogen-bond donors (Lipinski definition) is 2. The molecule has 0 saturated heterocycles. The van der Waals surface area contributed by atoms with E-state index < -0.39 is 16.0 Å². The van der Waals surface area contributed by atoms with Gasteiger partial charge in [0.2, 0.25) is 0 Å². The number of nitrogens with one attached hydrogen (secondary N) is 1. The summed E-state index contributed by atoms with van der Waals surface area (Å²) in [5.41, 5.74) is 0.970. The van der Waals surface area contributed by atoms with Crippen LogP contribution in [0.2, 0.25) is 0 Å². The molecule has 1 aromatic carbocycles. The summed E-state index contributed by atoms with van der Waals surface area (Å²) in [5, 5.41) is 12.6. The Balaban J connectivity index is 2.14. The number of aliphatic carboxylic acids is 1. The largest absolute Gasteiger partial charge is 0.481 e. The highest BCUT2D eigenvalue weighted by atomic mass is 32.2. The van der Waals surface area contributed by atoms with Crippen molar-refractivity contribution >= 4 is 21.7 Å². The van der Waals surface area contributed by atoms with Crippen molar-refractivity contribution in [3.05, 3.63) is 42.2 Å². The van der Waals surface area contributed by atoms with Gasteiger partial charge in [-0.3, -0.25) is 14.2 Å². The number of carboxylic acid groups (broad SMARTS) is 1. The van der Waals surface area contributed by atoms with Gasteiger partial charge in [0, 0.05) is 18.4 Å². The zero-order valence-corrected chi connectivity index (χ0v) is 12.2. The molecule has 0 spiro atoms. The van der Waals surface area contributed by atoms with Crippen LogP contribution in [-0.4, -0.2) is 29.3 Å².